The van der Waals surface area contributed by atoms with E-state index >= 15 is 0 Å². The molecule has 0 aliphatic rings. The SMILES string of the molecule is CCn1ncnc1CNc1ccc(F)c(Cl)c1. The number of nitrogens with zero attached hydrogens (tertiary/aromatic N) is 3. The average Bonchev–Trinajstić information content (AvgIpc) is 2.78. The molecule has 0 saturated heterocycles. The van der Waals surface area contributed by atoms with Gasteiger partial charge < -0.3 is 5.32 Å². The first-order chi connectivity index (χ1) is 8.20. The Morgan fingerprint density at radius 1 is 1.47 bits per heavy atom. The predicted octanol–water partition coefficient (Wildman–Crippen LogP) is 2.70. The topological polar surface area (TPSA) is 42.7 Å². The number of halogens is 2. The molecule has 0 unspecified atom stereocenters. The summed E-state index contributed by atoms with van der Waals surface area (Å²) in [5.41, 5.74) is 0.752. The standard InChI is InChI=1S/C11H12ClFN4/c1-2-17-11(15-7-16-17)6-14-8-3-4-10(13)9(12)5-8/h3-5,7,14H,2,6H2,1H3. The highest BCUT2D eigenvalue weighted by Gasteiger charge is 2.04. The molecular formula is C11H12ClFN4. The minimum absolute atomic E-state index is 0.104. The minimum Gasteiger partial charge on any atom is -0.378 e. The van der Waals surface area contributed by atoms with E-state index in [9.17, 15) is 4.39 Å². The Balaban J connectivity index is 2.05. The zero-order valence-electron chi connectivity index (χ0n) is 9.32. The van der Waals surface area contributed by atoms with E-state index in [2.05, 4.69) is 15.4 Å². The van der Waals surface area contributed by atoms with E-state index in [-0.39, 0.29) is 5.02 Å². The molecule has 0 radical (unpaired) electrons. The van der Waals surface area contributed by atoms with Crippen molar-refractivity contribution >= 4 is 17.3 Å². The van der Waals surface area contributed by atoms with Gasteiger partial charge in [-0.1, -0.05) is 11.6 Å². The summed E-state index contributed by atoms with van der Waals surface area (Å²) < 4.78 is 14.7. The lowest BCUT2D eigenvalue weighted by atomic mass is 10.3. The Morgan fingerprint density at radius 2 is 2.29 bits per heavy atom. The normalized spacial score (nSPS) is 10.5. The summed E-state index contributed by atoms with van der Waals surface area (Å²) in [6.45, 7) is 3.28. The summed E-state index contributed by atoms with van der Waals surface area (Å²) in [4.78, 5) is 4.12. The van der Waals surface area contributed by atoms with Gasteiger partial charge in [-0.3, -0.25) is 0 Å². The molecule has 0 amide bonds. The molecule has 4 nitrogen and oxygen atoms in total. The molecule has 0 aliphatic carbocycles. The molecule has 1 aromatic heterocycles. The summed E-state index contributed by atoms with van der Waals surface area (Å²) in [5, 5.41) is 7.28. The van der Waals surface area contributed by atoms with E-state index < -0.39 is 5.82 Å². The first-order valence-electron chi connectivity index (χ1n) is 5.26. The molecule has 2 aromatic rings. The second-order valence-electron chi connectivity index (χ2n) is 3.47. The van der Waals surface area contributed by atoms with Gasteiger partial charge in [0.25, 0.3) is 0 Å². The Labute approximate surface area is 103 Å². The van der Waals surface area contributed by atoms with Crippen LogP contribution in [0.25, 0.3) is 0 Å². The van der Waals surface area contributed by atoms with Crippen LogP contribution in [-0.4, -0.2) is 14.8 Å². The van der Waals surface area contributed by atoms with Crippen LogP contribution in [0.2, 0.25) is 5.02 Å². The van der Waals surface area contributed by atoms with Gasteiger partial charge in [0.1, 0.15) is 18.0 Å². The van der Waals surface area contributed by atoms with Crippen molar-refractivity contribution in [1.29, 1.82) is 0 Å². The van der Waals surface area contributed by atoms with Gasteiger partial charge in [0.05, 0.1) is 11.6 Å². The van der Waals surface area contributed by atoms with Crippen LogP contribution in [0.5, 0.6) is 0 Å². The molecule has 2 rings (SSSR count). The maximum Gasteiger partial charge on any atom is 0.146 e. The van der Waals surface area contributed by atoms with Gasteiger partial charge in [-0.2, -0.15) is 5.10 Å². The van der Waals surface area contributed by atoms with Crippen molar-refractivity contribution in [3.63, 3.8) is 0 Å². The number of nitrogens with one attached hydrogen (secondary N) is 1. The lowest BCUT2D eigenvalue weighted by Gasteiger charge is -2.07. The van der Waals surface area contributed by atoms with Gasteiger partial charge in [0.2, 0.25) is 0 Å². The Hall–Kier alpha value is -1.62. The number of rotatable bonds is 4. The molecule has 6 heteroatoms. The molecule has 1 N–H and O–H groups in total. The van der Waals surface area contributed by atoms with E-state index in [0.717, 1.165) is 18.1 Å². The van der Waals surface area contributed by atoms with Gasteiger partial charge in [-0.05, 0) is 25.1 Å². The van der Waals surface area contributed by atoms with Crippen LogP contribution in [0, 0.1) is 5.82 Å². The van der Waals surface area contributed by atoms with Crippen molar-refractivity contribution in [2.45, 2.75) is 20.0 Å². The quantitative estimate of drug-likeness (QED) is 0.912. The van der Waals surface area contributed by atoms with E-state index in [1.165, 1.54) is 12.4 Å². The molecule has 0 aliphatic heterocycles. The molecule has 0 saturated carbocycles. The van der Waals surface area contributed by atoms with Crippen LogP contribution in [-0.2, 0) is 13.1 Å². The monoisotopic (exact) mass is 254 g/mol. The molecule has 0 bridgehead atoms. The van der Waals surface area contributed by atoms with Crippen molar-refractivity contribution < 1.29 is 4.39 Å². The van der Waals surface area contributed by atoms with Gasteiger partial charge in [-0.15, -0.1) is 0 Å². The van der Waals surface area contributed by atoms with Gasteiger partial charge in [0, 0.05) is 12.2 Å². The largest absolute Gasteiger partial charge is 0.378 e. The minimum atomic E-state index is -0.422. The number of aromatic nitrogens is 3. The predicted molar refractivity (Wildman–Crippen MR) is 64.4 cm³/mol. The second-order valence-corrected chi connectivity index (χ2v) is 3.88. The van der Waals surface area contributed by atoms with Crippen LogP contribution >= 0.6 is 11.6 Å². The van der Waals surface area contributed by atoms with E-state index in [4.69, 9.17) is 11.6 Å². The Morgan fingerprint density at radius 3 is 3.00 bits per heavy atom. The number of hydrogen-bond acceptors (Lipinski definition) is 3. The highest BCUT2D eigenvalue weighted by molar-refractivity contribution is 6.31. The fraction of sp³-hybridized carbons (Fsp3) is 0.273. The smallest absolute Gasteiger partial charge is 0.146 e. The van der Waals surface area contributed by atoms with E-state index in [0.29, 0.717) is 6.54 Å². The van der Waals surface area contributed by atoms with Crippen molar-refractivity contribution in [1.82, 2.24) is 14.8 Å². The van der Waals surface area contributed by atoms with Crippen LogP contribution in [0.3, 0.4) is 0 Å². The molecule has 1 aromatic carbocycles. The fourth-order valence-corrected chi connectivity index (χ4v) is 1.66. The third-order valence-corrected chi connectivity index (χ3v) is 2.66. The summed E-state index contributed by atoms with van der Waals surface area (Å²) in [5.74, 6) is 0.405. The van der Waals surface area contributed by atoms with Gasteiger partial charge in [0.15, 0.2) is 0 Å². The Bertz CT molecular complexity index is 512. The highest BCUT2D eigenvalue weighted by Crippen LogP contribution is 2.19. The van der Waals surface area contributed by atoms with E-state index in [1.54, 1.807) is 16.8 Å². The number of hydrogen-bond donors (Lipinski definition) is 1. The maximum atomic E-state index is 12.9. The van der Waals surface area contributed by atoms with Crippen LogP contribution in [0.4, 0.5) is 10.1 Å². The first kappa shape index (κ1) is 11.9. The van der Waals surface area contributed by atoms with Gasteiger partial charge in [-0.25, -0.2) is 14.1 Å². The maximum absolute atomic E-state index is 12.9. The molecular weight excluding hydrogens is 243 g/mol. The van der Waals surface area contributed by atoms with Gasteiger partial charge >= 0.3 is 0 Å². The molecule has 17 heavy (non-hydrogen) atoms. The van der Waals surface area contributed by atoms with E-state index in [1.807, 2.05) is 6.92 Å². The van der Waals surface area contributed by atoms with Crippen molar-refractivity contribution in [2.75, 3.05) is 5.32 Å². The second kappa shape index (κ2) is 5.14. The van der Waals surface area contributed by atoms with Crippen molar-refractivity contribution in [3.05, 3.63) is 41.2 Å². The first-order valence-corrected chi connectivity index (χ1v) is 5.64. The molecule has 90 valence electrons. The third kappa shape index (κ3) is 2.74. The summed E-state index contributed by atoms with van der Waals surface area (Å²) in [6.07, 6.45) is 1.51. The van der Waals surface area contributed by atoms with Crippen LogP contribution in [0.15, 0.2) is 24.5 Å². The summed E-state index contributed by atoms with van der Waals surface area (Å²) in [6, 6.07) is 4.51. The fourth-order valence-electron chi connectivity index (χ4n) is 1.48. The molecule has 0 spiro atoms. The number of aryl methyl sites for hydroxylation is 1. The van der Waals surface area contributed by atoms with Crippen molar-refractivity contribution in [3.8, 4) is 0 Å². The highest BCUT2D eigenvalue weighted by atomic mass is 35.5. The zero-order chi connectivity index (χ0) is 12.3. The summed E-state index contributed by atoms with van der Waals surface area (Å²) in [7, 11) is 0. The summed E-state index contributed by atoms with van der Waals surface area (Å²) >= 11 is 5.68. The molecule has 1 heterocycles. The zero-order valence-corrected chi connectivity index (χ0v) is 10.1. The molecule has 0 fully saturated rings. The lowest BCUT2D eigenvalue weighted by Crippen LogP contribution is -2.09. The third-order valence-electron chi connectivity index (χ3n) is 2.37. The van der Waals surface area contributed by atoms with Crippen LogP contribution < -0.4 is 5.32 Å². The van der Waals surface area contributed by atoms with Crippen LogP contribution in [0.1, 0.15) is 12.7 Å². The average molecular weight is 255 g/mol. The van der Waals surface area contributed by atoms with Crippen molar-refractivity contribution in [2.24, 2.45) is 0 Å². The number of anilines is 1. The Kier molecular flexibility index (Phi) is 3.58. The molecule has 0 atom stereocenters. The lowest BCUT2D eigenvalue weighted by molar-refractivity contribution is 0.621. The number of benzene rings is 1.